The van der Waals surface area contributed by atoms with Gasteiger partial charge in [-0.2, -0.15) is 0 Å². The summed E-state index contributed by atoms with van der Waals surface area (Å²) in [5, 5.41) is 6.93. The zero-order valence-corrected chi connectivity index (χ0v) is 15.9. The number of rotatable bonds is 6. The molecule has 0 saturated carbocycles. The first-order valence-electron chi connectivity index (χ1n) is 9.30. The van der Waals surface area contributed by atoms with Crippen molar-refractivity contribution in [3.63, 3.8) is 0 Å². The van der Waals surface area contributed by atoms with E-state index in [0.717, 1.165) is 16.5 Å². The molecule has 4 rings (SSSR count). The number of carbonyl (C=O) groups excluding carboxylic acids is 1. The fourth-order valence-corrected chi connectivity index (χ4v) is 3.19. The molecular weight excluding hydrogens is 369 g/mol. The number of nitrogens with zero attached hydrogens (tertiary/aromatic N) is 2. The molecule has 1 amide bonds. The fraction of sp³-hybridized carbons (Fsp3) is 0.136. The lowest BCUT2D eigenvalue weighted by molar-refractivity contribution is 0.0949. The molecule has 4 aromatic rings. The summed E-state index contributed by atoms with van der Waals surface area (Å²) >= 11 is 0. The van der Waals surface area contributed by atoms with Crippen LogP contribution in [0.4, 0.5) is 15.9 Å². The van der Waals surface area contributed by atoms with E-state index in [1.54, 1.807) is 25.1 Å². The van der Waals surface area contributed by atoms with Crippen LogP contribution in [-0.4, -0.2) is 27.4 Å². The number of aryl methyl sites for hydroxylation is 1. The molecule has 0 spiro atoms. The summed E-state index contributed by atoms with van der Waals surface area (Å²) in [7, 11) is 0. The summed E-state index contributed by atoms with van der Waals surface area (Å²) in [5.74, 6) is 0.0953. The highest BCUT2D eigenvalue weighted by Crippen LogP contribution is 2.19. The topological polar surface area (TPSA) is 82.7 Å². The van der Waals surface area contributed by atoms with Crippen LogP contribution >= 0.6 is 0 Å². The van der Waals surface area contributed by atoms with Gasteiger partial charge in [0.2, 0.25) is 0 Å². The molecular formula is C22H20FN5O. The first-order valence-corrected chi connectivity index (χ1v) is 9.30. The smallest absolute Gasteiger partial charge is 0.270 e. The van der Waals surface area contributed by atoms with E-state index >= 15 is 0 Å². The SMILES string of the molecule is Cc1nc(Nc2ccccc2F)cc(C(=O)NCCc2c[nH]c3ccccc23)n1. The zero-order chi connectivity index (χ0) is 20.2. The highest BCUT2D eigenvalue weighted by molar-refractivity contribution is 5.93. The lowest BCUT2D eigenvalue weighted by Gasteiger charge is -2.10. The van der Waals surface area contributed by atoms with E-state index in [2.05, 4.69) is 31.7 Å². The van der Waals surface area contributed by atoms with Gasteiger partial charge in [0.25, 0.3) is 5.91 Å². The first-order chi connectivity index (χ1) is 14.1. The summed E-state index contributed by atoms with van der Waals surface area (Å²) in [6.45, 7) is 2.16. The van der Waals surface area contributed by atoms with Crippen molar-refractivity contribution in [1.29, 1.82) is 0 Å². The number of aromatic amines is 1. The fourth-order valence-electron chi connectivity index (χ4n) is 3.19. The van der Waals surface area contributed by atoms with E-state index < -0.39 is 5.82 Å². The molecule has 0 aliphatic carbocycles. The maximum atomic E-state index is 13.9. The third-order valence-electron chi connectivity index (χ3n) is 4.56. The van der Waals surface area contributed by atoms with Gasteiger partial charge >= 0.3 is 0 Å². The average molecular weight is 389 g/mol. The number of benzene rings is 2. The summed E-state index contributed by atoms with van der Waals surface area (Å²) < 4.78 is 13.9. The Labute approximate surface area is 167 Å². The predicted molar refractivity (Wildman–Crippen MR) is 111 cm³/mol. The number of para-hydroxylation sites is 2. The lowest BCUT2D eigenvalue weighted by atomic mass is 10.1. The van der Waals surface area contributed by atoms with E-state index in [9.17, 15) is 9.18 Å². The minimum absolute atomic E-state index is 0.232. The van der Waals surface area contributed by atoms with Gasteiger partial charge in [-0.05, 0) is 37.1 Å². The van der Waals surface area contributed by atoms with Crippen LogP contribution in [0.5, 0.6) is 0 Å². The number of hydrogen-bond donors (Lipinski definition) is 3. The van der Waals surface area contributed by atoms with Crippen molar-refractivity contribution >= 4 is 28.3 Å². The summed E-state index contributed by atoms with van der Waals surface area (Å²) in [6, 6.07) is 15.8. The van der Waals surface area contributed by atoms with Crippen molar-refractivity contribution in [1.82, 2.24) is 20.3 Å². The van der Waals surface area contributed by atoms with Gasteiger partial charge in [-0.25, -0.2) is 14.4 Å². The molecule has 6 nitrogen and oxygen atoms in total. The Morgan fingerprint density at radius 2 is 1.90 bits per heavy atom. The van der Waals surface area contributed by atoms with Gasteiger partial charge in [-0.15, -0.1) is 0 Å². The van der Waals surface area contributed by atoms with Crippen LogP contribution in [0.3, 0.4) is 0 Å². The number of nitrogens with one attached hydrogen (secondary N) is 3. The molecule has 29 heavy (non-hydrogen) atoms. The first kappa shape index (κ1) is 18.6. The van der Waals surface area contributed by atoms with Gasteiger partial charge in [0.05, 0.1) is 5.69 Å². The molecule has 2 aromatic heterocycles. The van der Waals surface area contributed by atoms with E-state index in [0.29, 0.717) is 24.6 Å². The van der Waals surface area contributed by atoms with Crippen LogP contribution in [0.25, 0.3) is 10.9 Å². The Morgan fingerprint density at radius 3 is 2.76 bits per heavy atom. The van der Waals surface area contributed by atoms with Gasteiger partial charge < -0.3 is 15.6 Å². The van der Waals surface area contributed by atoms with E-state index in [-0.39, 0.29) is 17.3 Å². The van der Waals surface area contributed by atoms with Crippen molar-refractivity contribution in [2.24, 2.45) is 0 Å². The van der Waals surface area contributed by atoms with Gasteiger partial charge in [-0.1, -0.05) is 30.3 Å². The van der Waals surface area contributed by atoms with Crippen LogP contribution < -0.4 is 10.6 Å². The maximum Gasteiger partial charge on any atom is 0.270 e. The van der Waals surface area contributed by atoms with Gasteiger partial charge in [0.1, 0.15) is 23.2 Å². The van der Waals surface area contributed by atoms with E-state index in [1.165, 1.54) is 12.1 Å². The second kappa shape index (κ2) is 8.10. The van der Waals surface area contributed by atoms with Crippen molar-refractivity contribution in [2.75, 3.05) is 11.9 Å². The monoisotopic (exact) mass is 389 g/mol. The third kappa shape index (κ3) is 4.24. The molecule has 0 aliphatic rings. The normalized spacial score (nSPS) is 10.8. The molecule has 0 atom stereocenters. The second-order valence-electron chi connectivity index (χ2n) is 6.66. The molecule has 0 aliphatic heterocycles. The van der Waals surface area contributed by atoms with E-state index in [4.69, 9.17) is 0 Å². The maximum absolute atomic E-state index is 13.9. The molecule has 0 saturated heterocycles. The minimum atomic E-state index is -0.395. The summed E-state index contributed by atoms with van der Waals surface area (Å²) in [5.41, 5.74) is 2.73. The number of anilines is 2. The third-order valence-corrected chi connectivity index (χ3v) is 4.56. The van der Waals surface area contributed by atoms with Crippen molar-refractivity contribution in [3.05, 3.63) is 83.7 Å². The van der Waals surface area contributed by atoms with Crippen LogP contribution in [-0.2, 0) is 6.42 Å². The number of hydrogen-bond acceptors (Lipinski definition) is 4. The molecule has 2 heterocycles. The van der Waals surface area contributed by atoms with Gasteiger partial charge in [0.15, 0.2) is 0 Å². The van der Waals surface area contributed by atoms with Crippen LogP contribution in [0.2, 0.25) is 0 Å². The molecule has 0 radical (unpaired) electrons. The summed E-state index contributed by atoms with van der Waals surface area (Å²) in [4.78, 5) is 24.2. The molecule has 146 valence electrons. The number of halogens is 1. The van der Waals surface area contributed by atoms with Gasteiger partial charge in [-0.3, -0.25) is 4.79 Å². The molecule has 7 heteroatoms. The Bertz CT molecular complexity index is 1170. The molecule has 3 N–H and O–H groups in total. The van der Waals surface area contributed by atoms with E-state index in [1.807, 2.05) is 24.4 Å². The van der Waals surface area contributed by atoms with Crippen molar-refractivity contribution < 1.29 is 9.18 Å². The zero-order valence-electron chi connectivity index (χ0n) is 15.9. The summed E-state index contributed by atoms with van der Waals surface area (Å²) in [6.07, 6.45) is 2.66. The Hall–Kier alpha value is -3.74. The highest BCUT2D eigenvalue weighted by atomic mass is 19.1. The lowest BCUT2D eigenvalue weighted by Crippen LogP contribution is -2.27. The Morgan fingerprint density at radius 1 is 1.10 bits per heavy atom. The molecule has 0 unspecified atom stereocenters. The van der Waals surface area contributed by atoms with Crippen LogP contribution in [0.1, 0.15) is 21.9 Å². The van der Waals surface area contributed by atoms with Crippen LogP contribution in [0, 0.1) is 12.7 Å². The standard InChI is InChI=1S/C22H20FN5O/c1-14-26-20(12-21(27-14)28-19-9-5-3-7-17(19)23)22(29)24-11-10-15-13-25-18-8-4-2-6-16(15)18/h2-9,12-13,25H,10-11H2,1H3,(H,24,29)(H,26,27,28). The number of carbonyl (C=O) groups is 1. The molecule has 0 fully saturated rings. The number of aromatic nitrogens is 3. The number of amides is 1. The van der Waals surface area contributed by atoms with Crippen LogP contribution in [0.15, 0.2) is 60.8 Å². The predicted octanol–water partition coefficient (Wildman–Crippen LogP) is 4.12. The Balaban J connectivity index is 1.43. The van der Waals surface area contributed by atoms with Crippen molar-refractivity contribution in [2.45, 2.75) is 13.3 Å². The molecule has 0 bridgehead atoms. The van der Waals surface area contributed by atoms with Gasteiger partial charge in [0, 0.05) is 29.7 Å². The highest BCUT2D eigenvalue weighted by Gasteiger charge is 2.12. The van der Waals surface area contributed by atoms with Crippen molar-refractivity contribution in [3.8, 4) is 0 Å². The minimum Gasteiger partial charge on any atom is -0.361 e. The second-order valence-corrected chi connectivity index (χ2v) is 6.66. The quantitative estimate of drug-likeness (QED) is 0.463. The molecule has 2 aromatic carbocycles. The number of fused-ring (bicyclic) bond motifs is 1. The Kier molecular flexibility index (Phi) is 5.20. The number of H-pyrrole nitrogens is 1. The largest absolute Gasteiger partial charge is 0.361 e. The average Bonchev–Trinajstić information content (AvgIpc) is 3.12.